The van der Waals surface area contributed by atoms with Crippen LogP contribution in [0.4, 0.5) is 11.6 Å². The van der Waals surface area contributed by atoms with Crippen molar-refractivity contribution < 1.29 is 9.53 Å². The fourth-order valence-electron chi connectivity index (χ4n) is 4.58. The maximum absolute atomic E-state index is 12.6. The number of aromatic nitrogens is 2. The first-order chi connectivity index (χ1) is 16.2. The van der Waals surface area contributed by atoms with E-state index >= 15 is 0 Å². The molecule has 0 saturated carbocycles. The second-order valence-corrected chi connectivity index (χ2v) is 8.95. The normalized spacial score (nSPS) is 18.9. The Morgan fingerprint density at radius 1 is 1.12 bits per heavy atom. The first-order valence-electron chi connectivity index (χ1n) is 12.0. The summed E-state index contributed by atoms with van der Waals surface area (Å²) in [5.74, 6) is 1.36. The monoisotopic (exact) mass is 448 g/mol. The second-order valence-electron chi connectivity index (χ2n) is 8.95. The molecule has 0 spiro atoms. The number of anilines is 2. The molecule has 2 aromatic rings. The summed E-state index contributed by atoms with van der Waals surface area (Å²) >= 11 is 0. The van der Waals surface area contributed by atoms with Crippen LogP contribution >= 0.6 is 0 Å². The summed E-state index contributed by atoms with van der Waals surface area (Å²) in [6, 6.07) is 7.50. The van der Waals surface area contributed by atoms with Gasteiger partial charge in [0.15, 0.2) is 0 Å². The number of hydrogen-bond donors (Lipinski definition) is 3. The van der Waals surface area contributed by atoms with Gasteiger partial charge in [0.2, 0.25) is 5.95 Å². The van der Waals surface area contributed by atoms with Gasteiger partial charge >= 0.3 is 0 Å². The van der Waals surface area contributed by atoms with E-state index in [1.54, 1.807) is 0 Å². The Labute approximate surface area is 194 Å². The van der Waals surface area contributed by atoms with Gasteiger partial charge in [0.05, 0.1) is 18.9 Å². The number of fused-ring (bicyclic) bond motifs is 1. The highest BCUT2D eigenvalue weighted by atomic mass is 16.5. The topological polar surface area (TPSA) is 91.4 Å². The zero-order valence-corrected chi connectivity index (χ0v) is 19.0. The number of allylic oxidation sites excluding steroid dienone is 1. The van der Waals surface area contributed by atoms with Gasteiger partial charge in [-0.25, -0.2) is 9.97 Å². The molecule has 8 nitrogen and oxygen atoms in total. The highest BCUT2D eigenvalue weighted by Crippen LogP contribution is 2.23. The number of morpholine rings is 1. The molecule has 1 amide bonds. The lowest BCUT2D eigenvalue weighted by atomic mass is 9.97. The van der Waals surface area contributed by atoms with Crippen LogP contribution in [0.25, 0.3) is 6.08 Å². The Morgan fingerprint density at radius 2 is 1.91 bits per heavy atom. The summed E-state index contributed by atoms with van der Waals surface area (Å²) in [6.45, 7) is 5.77. The molecule has 8 heteroatoms. The number of rotatable bonds is 6. The Kier molecular flexibility index (Phi) is 6.83. The summed E-state index contributed by atoms with van der Waals surface area (Å²) in [4.78, 5) is 23.7. The molecule has 174 valence electrons. The van der Waals surface area contributed by atoms with Crippen molar-refractivity contribution in [3.63, 3.8) is 0 Å². The number of nitrogens with zero attached hydrogens (tertiary/aromatic N) is 3. The zero-order chi connectivity index (χ0) is 22.5. The number of carbonyl (C=O) groups excluding carboxylic acids is 1. The third-order valence-electron chi connectivity index (χ3n) is 6.64. The van der Waals surface area contributed by atoms with Crippen molar-refractivity contribution in [2.45, 2.75) is 25.7 Å². The number of ether oxygens (including phenoxy) is 1. The van der Waals surface area contributed by atoms with Crippen molar-refractivity contribution >= 4 is 23.6 Å². The Bertz CT molecular complexity index is 994. The highest BCUT2D eigenvalue weighted by molar-refractivity contribution is 5.94. The number of nitrogens with one attached hydrogen (secondary N) is 3. The minimum atomic E-state index is 0.0459. The van der Waals surface area contributed by atoms with Crippen molar-refractivity contribution in [3.8, 4) is 0 Å². The molecule has 1 aliphatic carbocycles. The predicted octanol–water partition coefficient (Wildman–Crippen LogP) is 2.57. The van der Waals surface area contributed by atoms with E-state index in [4.69, 9.17) is 9.72 Å². The van der Waals surface area contributed by atoms with Gasteiger partial charge < -0.3 is 25.6 Å². The second kappa shape index (κ2) is 10.3. The zero-order valence-electron chi connectivity index (χ0n) is 19.0. The molecule has 0 radical (unpaired) electrons. The molecule has 0 unspecified atom stereocenters. The average molecular weight is 449 g/mol. The summed E-state index contributed by atoms with van der Waals surface area (Å²) < 4.78 is 5.33. The SMILES string of the molecule is O=C(c1ccc(Nc2ncc3c(n2)C=C(NCC2CCNCC2)CC3)cc1)N1CCOCC1. The van der Waals surface area contributed by atoms with Crippen LogP contribution < -0.4 is 16.0 Å². The fourth-order valence-corrected chi connectivity index (χ4v) is 4.58. The minimum Gasteiger partial charge on any atom is -0.388 e. The van der Waals surface area contributed by atoms with Gasteiger partial charge in [-0.05, 0) is 80.6 Å². The number of carbonyl (C=O) groups is 1. The highest BCUT2D eigenvalue weighted by Gasteiger charge is 2.19. The van der Waals surface area contributed by atoms with E-state index in [1.807, 2.05) is 35.4 Å². The Hall–Kier alpha value is -2.97. The van der Waals surface area contributed by atoms with Crippen LogP contribution in [0, 0.1) is 5.92 Å². The molecule has 3 N–H and O–H groups in total. The smallest absolute Gasteiger partial charge is 0.254 e. The Morgan fingerprint density at radius 3 is 2.70 bits per heavy atom. The van der Waals surface area contributed by atoms with Crippen molar-refractivity contribution in [3.05, 3.63) is 53.0 Å². The quantitative estimate of drug-likeness (QED) is 0.626. The van der Waals surface area contributed by atoms with E-state index in [0.29, 0.717) is 37.8 Å². The number of hydrogen-bond acceptors (Lipinski definition) is 7. The molecule has 33 heavy (non-hydrogen) atoms. The molecule has 0 atom stereocenters. The number of aryl methyl sites for hydroxylation is 1. The maximum Gasteiger partial charge on any atom is 0.254 e. The van der Waals surface area contributed by atoms with E-state index < -0.39 is 0 Å². The number of benzene rings is 1. The van der Waals surface area contributed by atoms with E-state index in [0.717, 1.165) is 49.8 Å². The van der Waals surface area contributed by atoms with Crippen molar-refractivity contribution in [1.29, 1.82) is 0 Å². The molecule has 2 saturated heterocycles. The number of piperidine rings is 1. The summed E-state index contributed by atoms with van der Waals surface area (Å²) in [6.07, 6.45) is 8.53. The molecule has 3 heterocycles. The minimum absolute atomic E-state index is 0.0459. The first kappa shape index (κ1) is 21.9. The van der Waals surface area contributed by atoms with Crippen LogP contribution in [0.3, 0.4) is 0 Å². The van der Waals surface area contributed by atoms with E-state index in [1.165, 1.54) is 24.1 Å². The van der Waals surface area contributed by atoms with Crippen LogP contribution in [0.1, 0.15) is 40.9 Å². The molecule has 5 rings (SSSR count). The average Bonchev–Trinajstić information content (AvgIpc) is 2.88. The molecule has 1 aromatic carbocycles. The molecule has 3 aliphatic rings. The molecular formula is C25H32N6O2. The summed E-state index contributed by atoms with van der Waals surface area (Å²) in [5.41, 5.74) is 4.96. The molecule has 2 aliphatic heterocycles. The molecular weight excluding hydrogens is 416 g/mol. The van der Waals surface area contributed by atoms with Crippen LogP contribution in [-0.2, 0) is 11.2 Å². The lowest BCUT2D eigenvalue weighted by Crippen LogP contribution is -2.40. The van der Waals surface area contributed by atoms with Crippen molar-refractivity contribution in [2.24, 2.45) is 5.92 Å². The third kappa shape index (κ3) is 5.51. The van der Waals surface area contributed by atoms with E-state index in [9.17, 15) is 4.79 Å². The van der Waals surface area contributed by atoms with Crippen molar-refractivity contribution in [1.82, 2.24) is 25.5 Å². The standard InChI is InChI=1S/C25H32N6O2/c32-24(31-11-13-33-14-12-31)19-1-4-21(5-2-19)29-25-28-17-20-3-6-22(15-23(20)30-25)27-16-18-7-9-26-10-8-18/h1-2,4-5,15,17-18,26-27H,3,6-14,16H2,(H,28,29,30). The van der Waals surface area contributed by atoms with Gasteiger partial charge in [-0.2, -0.15) is 0 Å². The van der Waals surface area contributed by atoms with Crippen molar-refractivity contribution in [2.75, 3.05) is 51.3 Å². The van der Waals surface area contributed by atoms with Crippen LogP contribution in [0.15, 0.2) is 36.2 Å². The molecule has 0 bridgehead atoms. The van der Waals surface area contributed by atoms with Crippen LogP contribution in [-0.4, -0.2) is 66.7 Å². The van der Waals surface area contributed by atoms with Gasteiger partial charge in [-0.15, -0.1) is 0 Å². The third-order valence-corrected chi connectivity index (χ3v) is 6.64. The number of amides is 1. The predicted molar refractivity (Wildman–Crippen MR) is 128 cm³/mol. The van der Waals surface area contributed by atoms with E-state index in [-0.39, 0.29) is 5.91 Å². The van der Waals surface area contributed by atoms with Gasteiger partial charge in [0.25, 0.3) is 5.91 Å². The fraction of sp³-hybridized carbons (Fsp3) is 0.480. The van der Waals surface area contributed by atoms with Gasteiger partial charge in [0.1, 0.15) is 0 Å². The largest absolute Gasteiger partial charge is 0.388 e. The summed E-state index contributed by atoms with van der Waals surface area (Å²) in [7, 11) is 0. The molecule has 2 fully saturated rings. The van der Waals surface area contributed by atoms with Crippen LogP contribution in [0.2, 0.25) is 0 Å². The van der Waals surface area contributed by atoms with E-state index in [2.05, 4.69) is 27.0 Å². The summed E-state index contributed by atoms with van der Waals surface area (Å²) in [5, 5.41) is 10.4. The lowest BCUT2D eigenvalue weighted by Gasteiger charge is -2.26. The van der Waals surface area contributed by atoms with Gasteiger partial charge in [-0.3, -0.25) is 4.79 Å². The van der Waals surface area contributed by atoms with Gasteiger partial charge in [0, 0.05) is 42.8 Å². The Balaban J connectivity index is 1.21. The lowest BCUT2D eigenvalue weighted by molar-refractivity contribution is 0.0303. The molecule has 1 aromatic heterocycles. The van der Waals surface area contributed by atoms with Gasteiger partial charge in [-0.1, -0.05) is 0 Å². The first-order valence-corrected chi connectivity index (χ1v) is 12.0. The maximum atomic E-state index is 12.6. The van der Waals surface area contributed by atoms with Crippen LogP contribution in [0.5, 0.6) is 0 Å².